The molecule has 1 aromatic heterocycles. The highest BCUT2D eigenvalue weighted by Gasteiger charge is 2.43. The summed E-state index contributed by atoms with van der Waals surface area (Å²) in [6, 6.07) is 4.94. The predicted octanol–water partition coefficient (Wildman–Crippen LogP) is 2.74. The van der Waals surface area contributed by atoms with Gasteiger partial charge in [0.05, 0.1) is 23.8 Å². The molecule has 1 saturated heterocycles. The van der Waals surface area contributed by atoms with Gasteiger partial charge in [-0.25, -0.2) is 4.39 Å². The van der Waals surface area contributed by atoms with E-state index >= 15 is 0 Å². The minimum Gasteiger partial charge on any atom is -0.338 e. The third-order valence-electron chi connectivity index (χ3n) is 4.36. The van der Waals surface area contributed by atoms with E-state index in [1.807, 2.05) is 0 Å². The summed E-state index contributed by atoms with van der Waals surface area (Å²) >= 11 is 0. The van der Waals surface area contributed by atoms with Crippen molar-refractivity contribution >= 4 is 17.5 Å². The van der Waals surface area contributed by atoms with Gasteiger partial charge in [0.1, 0.15) is 12.4 Å². The number of hydrogen-bond acceptors (Lipinski definition) is 3. The molecule has 2 heterocycles. The lowest BCUT2D eigenvalue weighted by Crippen LogP contribution is -2.30. The van der Waals surface area contributed by atoms with Gasteiger partial charge in [-0.05, 0) is 17.7 Å². The topological polar surface area (TPSA) is 67.2 Å². The first-order valence-electron chi connectivity index (χ1n) is 8.05. The Kier molecular flexibility index (Phi) is 4.90. The van der Waals surface area contributed by atoms with Crippen LogP contribution in [-0.2, 0) is 16.1 Å². The van der Waals surface area contributed by atoms with Gasteiger partial charge in [0, 0.05) is 19.7 Å². The highest BCUT2D eigenvalue weighted by molar-refractivity contribution is 5.97. The summed E-state index contributed by atoms with van der Waals surface area (Å²) < 4.78 is 51.4. The third-order valence-corrected chi connectivity index (χ3v) is 4.36. The second-order valence-electron chi connectivity index (χ2n) is 6.35. The molecule has 27 heavy (non-hydrogen) atoms. The van der Waals surface area contributed by atoms with Gasteiger partial charge in [-0.3, -0.25) is 14.3 Å². The lowest BCUT2D eigenvalue weighted by atomic mass is 9.93. The molecule has 0 aliphatic carbocycles. The number of anilines is 1. The lowest BCUT2D eigenvalue weighted by Gasteiger charge is -2.24. The molecule has 3 rings (SSSR count). The maximum atomic E-state index is 13.6. The fourth-order valence-electron chi connectivity index (χ4n) is 3.18. The van der Waals surface area contributed by atoms with Crippen LogP contribution in [0.3, 0.4) is 0 Å². The fourth-order valence-corrected chi connectivity index (χ4v) is 3.18. The molecular weight excluding hydrogens is 368 g/mol. The van der Waals surface area contributed by atoms with Gasteiger partial charge < -0.3 is 10.2 Å². The van der Waals surface area contributed by atoms with Gasteiger partial charge >= 0.3 is 6.18 Å². The molecule has 1 aromatic carbocycles. The van der Waals surface area contributed by atoms with Gasteiger partial charge in [0.15, 0.2) is 0 Å². The van der Waals surface area contributed by atoms with Crippen molar-refractivity contribution in [1.29, 1.82) is 0 Å². The average Bonchev–Trinajstić information content (AvgIpc) is 3.10. The van der Waals surface area contributed by atoms with E-state index in [-0.39, 0.29) is 18.0 Å². The van der Waals surface area contributed by atoms with Crippen molar-refractivity contribution in [3.8, 4) is 0 Å². The number of nitrogens with zero attached hydrogens (tertiary/aromatic N) is 3. The van der Waals surface area contributed by atoms with Crippen molar-refractivity contribution in [1.82, 2.24) is 14.7 Å². The van der Waals surface area contributed by atoms with Gasteiger partial charge in [0.25, 0.3) is 0 Å². The number of alkyl halides is 3. The largest absolute Gasteiger partial charge is 0.408 e. The molecule has 0 saturated carbocycles. The van der Waals surface area contributed by atoms with Gasteiger partial charge in [0.2, 0.25) is 11.8 Å². The molecular formula is C17H16F4N4O2. The molecule has 1 aliphatic heterocycles. The third kappa shape index (κ3) is 4.26. The Balaban J connectivity index is 1.77. The van der Waals surface area contributed by atoms with E-state index in [2.05, 4.69) is 10.4 Å². The van der Waals surface area contributed by atoms with E-state index in [9.17, 15) is 27.2 Å². The number of halogens is 4. The summed E-state index contributed by atoms with van der Waals surface area (Å²) in [5, 5.41) is 6.04. The fraction of sp³-hybridized carbons (Fsp3) is 0.353. The van der Waals surface area contributed by atoms with Crippen molar-refractivity contribution in [2.75, 3.05) is 12.4 Å². The van der Waals surface area contributed by atoms with Crippen LogP contribution >= 0.6 is 0 Å². The van der Waals surface area contributed by atoms with Crippen LogP contribution in [-0.4, -0.2) is 39.7 Å². The van der Waals surface area contributed by atoms with E-state index in [0.717, 1.165) is 12.4 Å². The van der Waals surface area contributed by atoms with E-state index in [4.69, 9.17) is 0 Å². The Labute approximate surface area is 151 Å². The van der Waals surface area contributed by atoms with E-state index in [0.29, 0.717) is 10.2 Å². The normalized spacial score (nSPS) is 20.2. The molecule has 1 N–H and O–H groups in total. The highest BCUT2D eigenvalue weighted by atomic mass is 19.4. The van der Waals surface area contributed by atoms with Gasteiger partial charge in [-0.15, -0.1) is 0 Å². The predicted molar refractivity (Wildman–Crippen MR) is 86.9 cm³/mol. The lowest BCUT2D eigenvalue weighted by molar-refractivity contribution is -0.142. The number of benzene rings is 1. The minimum atomic E-state index is -4.43. The first-order chi connectivity index (χ1) is 12.6. The number of amides is 2. The quantitative estimate of drug-likeness (QED) is 0.825. The molecule has 1 aliphatic rings. The Hall–Kier alpha value is -2.91. The first-order valence-corrected chi connectivity index (χ1v) is 8.05. The zero-order valence-corrected chi connectivity index (χ0v) is 14.2. The maximum absolute atomic E-state index is 13.6. The second kappa shape index (κ2) is 7.01. The number of rotatable bonds is 4. The summed E-state index contributed by atoms with van der Waals surface area (Å²) in [6.45, 7) is -1.28. The Bertz CT molecular complexity index is 865. The molecule has 2 amide bonds. The Morgan fingerprint density at radius 3 is 2.78 bits per heavy atom. The second-order valence-corrected chi connectivity index (χ2v) is 6.35. The van der Waals surface area contributed by atoms with Crippen LogP contribution in [0.2, 0.25) is 0 Å². The summed E-state index contributed by atoms with van der Waals surface area (Å²) in [7, 11) is 1.52. The van der Waals surface area contributed by atoms with Crippen molar-refractivity contribution in [2.24, 2.45) is 5.92 Å². The number of hydrogen-bond donors (Lipinski definition) is 1. The molecule has 0 unspecified atom stereocenters. The molecule has 144 valence electrons. The van der Waals surface area contributed by atoms with Crippen LogP contribution in [0.1, 0.15) is 18.0 Å². The van der Waals surface area contributed by atoms with Crippen LogP contribution in [0.25, 0.3) is 0 Å². The van der Waals surface area contributed by atoms with Crippen LogP contribution in [0.5, 0.6) is 0 Å². The molecule has 0 bridgehead atoms. The van der Waals surface area contributed by atoms with E-state index in [1.54, 1.807) is 6.07 Å². The smallest absolute Gasteiger partial charge is 0.338 e. The first kappa shape index (κ1) is 18.9. The van der Waals surface area contributed by atoms with Crippen LogP contribution in [0.15, 0.2) is 36.7 Å². The minimum absolute atomic E-state index is 0.0831. The van der Waals surface area contributed by atoms with Crippen LogP contribution < -0.4 is 5.32 Å². The Morgan fingerprint density at radius 2 is 2.11 bits per heavy atom. The van der Waals surface area contributed by atoms with Crippen molar-refractivity contribution in [3.63, 3.8) is 0 Å². The number of nitrogens with one attached hydrogen (secondary N) is 1. The number of likely N-dealkylation sites (tertiary alicyclic amines) is 1. The molecule has 6 nitrogen and oxygen atoms in total. The molecule has 10 heteroatoms. The van der Waals surface area contributed by atoms with E-state index in [1.165, 1.54) is 30.1 Å². The summed E-state index contributed by atoms with van der Waals surface area (Å²) in [4.78, 5) is 26.1. The summed E-state index contributed by atoms with van der Waals surface area (Å²) in [6.07, 6.45) is -2.36. The van der Waals surface area contributed by atoms with E-state index < -0.39 is 36.4 Å². The summed E-state index contributed by atoms with van der Waals surface area (Å²) in [5.41, 5.74) is 0.556. The highest BCUT2D eigenvalue weighted by Crippen LogP contribution is 2.37. The van der Waals surface area contributed by atoms with Crippen molar-refractivity contribution in [3.05, 3.63) is 48.0 Å². The average molecular weight is 384 g/mol. The van der Waals surface area contributed by atoms with Crippen LogP contribution in [0, 0.1) is 11.7 Å². The van der Waals surface area contributed by atoms with Crippen LogP contribution in [0.4, 0.5) is 23.2 Å². The Morgan fingerprint density at radius 1 is 1.37 bits per heavy atom. The molecule has 2 atom stereocenters. The number of aromatic nitrogens is 2. The van der Waals surface area contributed by atoms with Crippen molar-refractivity contribution < 1.29 is 27.2 Å². The summed E-state index contributed by atoms with van der Waals surface area (Å²) in [5.74, 6) is -2.13. The zero-order chi connectivity index (χ0) is 19.8. The van der Waals surface area contributed by atoms with Gasteiger partial charge in [-0.1, -0.05) is 12.1 Å². The number of carbonyl (C=O) groups is 2. The number of carbonyl (C=O) groups excluding carboxylic acids is 2. The molecule has 1 fully saturated rings. The monoisotopic (exact) mass is 384 g/mol. The molecule has 2 aromatic rings. The van der Waals surface area contributed by atoms with Gasteiger partial charge in [-0.2, -0.15) is 18.3 Å². The zero-order valence-electron chi connectivity index (χ0n) is 14.2. The molecule has 0 spiro atoms. The SMILES string of the molecule is CN1C(=O)C[C@H](C(=O)Nc2cnn(CC(F)(F)F)c2)[C@H]1c1cccc(F)c1. The maximum Gasteiger partial charge on any atom is 0.408 e. The van der Waals surface area contributed by atoms with Crippen molar-refractivity contribution in [2.45, 2.75) is 25.2 Å². The standard InChI is InChI=1S/C17H16F4N4O2/c1-24-14(26)6-13(15(24)10-3-2-4-11(18)5-10)16(27)23-12-7-22-25(8-12)9-17(19,20)21/h2-5,7-8,13,15H,6,9H2,1H3,(H,23,27)/t13-,15+/m0/s1. The molecule has 0 radical (unpaired) electrons.